The third kappa shape index (κ3) is 5.76. The summed E-state index contributed by atoms with van der Waals surface area (Å²) in [6.45, 7) is 7.67. The summed E-state index contributed by atoms with van der Waals surface area (Å²) in [5.74, 6) is -1.80. The Hall–Kier alpha value is -3.35. The highest BCUT2D eigenvalue weighted by Crippen LogP contribution is 2.44. The lowest BCUT2D eigenvalue weighted by atomic mass is 9.97. The van der Waals surface area contributed by atoms with E-state index in [1.165, 1.54) is 0 Å². The van der Waals surface area contributed by atoms with Crippen LogP contribution < -0.4 is 10.6 Å². The van der Waals surface area contributed by atoms with Gasteiger partial charge in [-0.15, -0.1) is 0 Å². The SMILES string of the molecule is CCC(C)[C@H](NC(=O)OCC1c2ccccc2-c2ccccc21)C(=O)NC(CC(C)C)C(=O)O. The Morgan fingerprint density at radius 1 is 0.941 bits per heavy atom. The van der Waals surface area contributed by atoms with E-state index in [-0.39, 0.29) is 24.4 Å². The lowest BCUT2D eigenvalue weighted by molar-refractivity contribution is -0.142. The summed E-state index contributed by atoms with van der Waals surface area (Å²) >= 11 is 0. The molecule has 3 N–H and O–H groups in total. The van der Waals surface area contributed by atoms with E-state index in [0.29, 0.717) is 12.8 Å². The first-order valence-corrected chi connectivity index (χ1v) is 11.9. The molecule has 0 radical (unpaired) electrons. The molecule has 0 saturated carbocycles. The summed E-state index contributed by atoms with van der Waals surface area (Å²) in [6.07, 6.45) is 0.237. The number of carboxylic acids is 1. The van der Waals surface area contributed by atoms with E-state index in [1.54, 1.807) is 0 Å². The lowest BCUT2D eigenvalue weighted by Gasteiger charge is -2.26. The molecule has 0 spiro atoms. The highest BCUT2D eigenvalue weighted by molar-refractivity contribution is 5.89. The maximum Gasteiger partial charge on any atom is 0.407 e. The molecule has 1 aliphatic rings. The summed E-state index contributed by atoms with van der Waals surface area (Å²) in [7, 11) is 0. The smallest absolute Gasteiger partial charge is 0.407 e. The van der Waals surface area contributed by atoms with E-state index in [4.69, 9.17) is 4.74 Å². The lowest BCUT2D eigenvalue weighted by Crippen LogP contribution is -2.54. The van der Waals surface area contributed by atoms with E-state index in [2.05, 4.69) is 22.8 Å². The van der Waals surface area contributed by atoms with E-state index in [9.17, 15) is 19.5 Å². The van der Waals surface area contributed by atoms with Crippen molar-refractivity contribution >= 4 is 18.0 Å². The van der Waals surface area contributed by atoms with Crippen LogP contribution in [0.2, 0.25) is 0 Å². The van der Waals surface area contributed by atoms with E-state index in [0.717, 1.165) is 22.3 Å². The summed E-state index contributed by atoms with van der Waals surface area (Å²) in [4.78, 5) is 37.2. The molecule has 3 atom stereocenters. The van der Waals surface area contributed by atoms with Gasteiger partial charge in [0.15, 0.2) is 0 Å². The molecule has 0 aliphatic heterocycles. The topological polar surface area (TPSA) is 105 Å². The van der Waals surface area contributed by atoms with Gasteiger partial charge in [0.05, 0.1) is 0 Å². The van der Waals surface area contributed by atoms with Gasteiger partial charge in [-0.05, 0) is 40.5 Å². The summed E-state index contributed by atoms with van der Waals surface area (Å²) < 4.78 is 5.59. The summed E-state index contributed by atoms with van der Waals surface area (Å²) in [6, 6.07) is 14.2. The maximum absolute atomic E-state index is 12.9. The molecule has 34 heavy (non-hydrogen) atoms. The van der Waals surface area contributed by atoms with Gasteiger partial charge in [0.2, 0.25) is 5.91 Å². The molecule has 2 aromatic rings. The Bertz CT molecular complexity index is 990. The Labute approximate surface area is 200 Å². The highest BCUT2D eigenvalue weighted by Gasteiger charge is 2.32. The van der Waals surface area contributed by atoms with Crippen LogP contribution in [0.25, 0.3) is 11.1 Å². The van der Waals surface area contributed by atoms with Crippen molar-refractivity contribution in [2.24, 2.45) is 11.8 Å². The van der Waals surface area contributed by atoms with Gasteiger partial charge in [0.1, 0.15) is 18.7 Å². The van der Waals surface area contributed by atoms with Crippen molar-refractivity contribution in [1.82, 2.24) is 10.6 Å². The van der Waals surface area contributed by atoms with Gasteiger partial charge in [-0.1, -0.05) is 82.6 Å². The molecule has 0 fully saturated rings. The number of alkyl carbamates (subject to hydrolysis) is 1. The van der Waals surface area contributed by atoms with Gasteiger partial charge < -0.3 is 20.5 Å². The quantitative estimate of drug-likeness (QED) is 0.476. The average Bonchev–Trinajstić information content (AvgIpc) is 3.13. The zero-order chi connectivity index (χ0) is 24.8. The molecule has 7 heteroatoms. The number of carbonyl (C=O) groups excluding carboxylic acids is 2. The van der Waals surface area contributed by atoms with Crippen LogP contribution in [0.15, 0.2) is 48.5 Å². The predicted octanol–water partition coefficient (Wildman–Crippen LogP) is 4.56. The normalized spacial score (nSPS) is 15.1. The molecule has 182 valence electrons. The van der Waals surface area contributed by atoms with Gasteiger partial charge in [-0.3, -0.25) is 4.79 Å². The minimum atomic E-state index is -1.09. The standard InChI is InChI=1S/C27H34N2O5/c1-5-17(4)24(25(30)28-23(26(31)32)14-16(2)3)29-27(33)34-15-22-20-12-8-6-10-18(20)19-11-7-9-13-21(19)22/h6-13,16-17,22-24H,5,14-15H2,1-4H3,(H,28,30)(H,29,33)(H,31,32)/t17?,23?,24-/m0/s1. The van der Waals surface area contributed by atoms with Crippen molar-refractivity contribution in [1.29, 1.82) is 0 Å². The number of aliphatic carboxylic acids is 1. The third-order valence-electron chi connectivity index (χ3n) is 6.43. The number of nitrogens with one attached hydrogen (secondary N) is 2. The Morgan fingerprint density at radius 2 is 1.50 bits per heavy atom. The second-order valence-electron chi connectivity index (χ2n) is 9.36. The van der Waals surface area contributed by atoms with Gasteiger partial charge in [0, 0.05) is 5.92 Å². The fourth-order valence-electron chi connectivity index (χ4n) is 4.42. The Kier molecular flexibility index (Phi) is 8.31. The largest absolute Gasteiger partial charge is 0.480 e. The molecular weight excluding hydrogens is 432 g/mol. The molecule has 0 bridgehead atoms. The number of ether oxygens (including phenoxy) is 1. The average molecular weight is 467 g/mol. The number of carbonyl (C=O) groups is 3. The van der Waals surface area contributed by atoms with Crippen LogP contribution in [0.4, 0.5) is 4.79 Å². The Balaban J connectivity index is 1.68. The Morgan fingerprint density at radius 3 is 2.00 bits per heavy atom. The molecular formula is C27H34N2O5. The van der Waals surface area contributed by atoms with Gasteiger partial charge in [0.25, 0.3) is 0 Å². The van der Waals surface area contributed by atoms with Crippen molar-refractivity contribution in [2.75, 3.05) is 6.61 Å². The minimum Gasteiger partial charge on any atom is -0.480 e. The number of fused-ring (bicyclic) bond motifs is 3. The van der Waals surface area contributed by atoms with E-state index < -0.39 is 30.1 Å². The zero-order valence-electron chi connectivity index (χ0n) is 20.2. The zero-order valence-corrected chi connectivity index (χ0v) is 20.2. The maximum atomic E-state index is 12.9. The molecule has 0 aromatic heterocycles. The van der Waals surface area contributed by atoms with Crippen molar-refractivity contribution in [2.45, 2.75) is 58.5 Å². The number of hydrogen-bond acceptors (Lipinski definition) is 4. The second-order valence-corrected chi connectivity index (χ2v) is 9.36. The van der Waals surface area contributed by atoms with E-state index >= 15 is 0 Å². The third-order valence-corrected chi connectivity index (χ3v) is 6.43. The molecule has 0 heterocycles. The first kappa shape index (κ1) is 25.3. The van der Waals surface area contributed by atoms with Crippen molar-refractivity contribution in [3.8, 4) is 11.1 Å². The molecule has 2 amide bonds. The number of carboxylic acid groups (broad SMARTS) is 1. The molecule has 2 aromatic carbocycles. The van der Waals surface area contributed by atoms with Crippen LogP contribution in [0.3, 0.4) is 0 Å². The van der Waals surface area contributed by atoms with Crippen LogP contribution in [0.1, 0.15) is 57.6 Å². The minimum absolute atomic E-state index is 0.0866. The molecule has 0 saturated heterocycles. The molecule has 3 rings (SSSR count). The first-order valence-electron chi connectivity index (χ1n) is 11.9. The predicted molar refractivity (Wildman–Crippen MR) is 130 cm³/mol. The van der Waals surface area contributed by atoms with Crippen LogP contribution in [-0.2, 0) is 14.3 Å². The van der Waals surface area contributed by atoms with Crippen molar-refractivity contribution in [3.63, 3.8) is 0 Å². The number of rotatable bonds is 10. The van der Waals surface area contributed by atoms with E-state index in [1.807, 2.05) is 64.1 Å². The number of amides is 2. The van der Waals surface area contributed by atoms with Crippen molar-refractivity contribution in [3.05, 3.63) is 59.7 Å². The van der Waals surface area contributed by atoms with Crippen LogP contribution in [-0.4, -0.2) is 41.8 Å². The van der Waals surface area contributed by atoms with Crippen LogP contribution in [0, 0.1) is 11.8 Å². The van der Waals surface area contributed by atoms with Crippen LogP contribution in [0.5, 0.6) is 0 Å². The van der Waals surface area contributed by atoms with Gasteiger partial charge >= 0.3 is 12.1 Å². The summed E-state index contributed by atoms with van der Waals surface area (Å²) in [5.41, 5.74) is 4.47. The molecule has 7 nitrogen and oxygen atoms in total. The van der Waals surface area contributed by atoms with Gasteiger partial charge in [-0.25, -0.2) is 9.59 Å². The fourth-order valence-corrected chi connectivity index (χ4v) is 4.42. The van der Waals surface area contributed by atoms with Crippen LogP contribution >= 0.6 is 0 Å². The molecule has 2 unspecified atom stereocenters. The number of hydrogen-bond donors (Lipinski definition) is 3. The monoisotopic (exact) mass is 466 g/mol. The van der Waals surface area contributed by atoms with Gasteiger partial charge in [-0.2, -0.15) is 0 Å². The van der Waals surface area contributed by atoms with Crippen molar-refractivity contribution < 1.29 is 24.2 Å². The first-order chi connectivity index (χ1) is 16.2. The second kappa shape index (κ2) is 11.2. The fraction of sp³-hybridized carbons (Fsp3) is 0.444. The molecule has 1 aliphatic carbocycles. The highest BCUT2D eigenvalue weighted by atomic mass is 16.5. The summed E-state index contributed by atoms with van der Waals surface area (Å²) in [5, 5.41) is 14.7. The number of benzene rings is 2.